The van der Waals surface area contributed by atoms with E-state index in [1.165, 1.54) is 35.4 Å². The van der Waals surface area contributed by atoms with Crippen molar-refractivity contribution in [3.63, 3.8) is 0 Å². The molecule has 0 atom stereocenters. The second-order valence-corrected chi connectivity index (χ2v) is 14.3. The number of Topliss-reactive ketones (excluding diaryl/α,β-unsaturated/α-hetero) is 1. The highest BCUT2D eigenvalue weighted by molar-refractivity contribution is 6.45. The van der Waals surface area contributed by atoms with Gasteiger partial charge >= 0.3 is 0 Å². The molecule has 0 spiro atoms. The molecule has 19 nitrogen and oxygen atoms in total. The van der Waals surface area contributed by atoms with Crippen molar-refractivity contribution in [2.45, 2.75) is 6.42 Å². The molecule has 61 heavy (non-hydrogen) atoms. The van der Waals surface area contributed by atoms with Gasteiger partial charge in [0, 0.05) is 77.2 Å². The van der Waals surface area contributed by atoms with E-state index >= 15 is 0 Å². The van der Waals surface area contributed by atoms with Gasteiger partial charge in [-0.3, -0.25) is 24.1 Å². The number of nitrogens with one attached hydrogen (secondary N) is 2. The molecule has 326 valence electrons. The first-order valence-electron chi connectivity index (χ1n) is 20.5. The Morgan fingerprint density at radius 2 is 1.44 bits per heavy atom. The standard InChI is InChI=1S/C42H54N10O9/c1-3-21-58-23-25-60-27-28-61-26-24-59-22-20-49-14-12-48(13-15-49)11-7-10-43-40(54)38-46-31-52(47-38)39-36-35(34(57-2)30-45-39)33(29-44-36)37(53)42(56)51-18-16-50(17-19-51)41(55)32-8-5-4-6-9-32/h1,4-6,8-9,29-31,44H,7,10-28H2,2H3,(H,43,54). The van der Waals surface area contributed by atoms with E-state index in [1.54, 1.807) is 29.2 Å². The zero-order chi connectivity index (χ0) is 42.8. The lowest BCUT2D eigenvalue weighted by molar-refractivity contribution is -0.127. The van der Waals surface area contributed by atoms with Crippen LogP contribution in [0.4, 0.5) is 0 Å². The Bertz CT molecular complexity index is 2090. The molecule has 19 heteroatoms. The van der Waals surface area contributed by atoms with Gasteiger partial charge in [-0.1, -0.05) is 24.1 Å². The number of carbonyl (C=O) groups is 4. The second-order valence-electron chi connectivity index (χ2n) is 14.3. The number of piperazine rings is 2. The van der Waals surface area contributed by atoms with Crippen LogP contribution in [0.5, 0.6) is 5.75 Å². The molecule has 2 aliphatic heterocycles. The first-order valence-corrected chi connectivity index (χ1v) is 20.5. The maximum atomic E-state index is 13.6. The number of benzene rings is 1. The number of ketones is 1. The van der Waals surface area contributed by atoms with Crippen LogP contribution in [0, 0.1) is 12.3 Å². The zero-order valence-electron chi connectivity index (χ0n) is 34.6. The van der Waals surface area contributed by atoms with Crippen LogP contribution in [0.2, 0.25) is 0 Å². The maximum Gasteiger partial charge on any atom is 0.295 e. The molecule has 5 heterocycles. The number of fused-ring (bicyclic) bond motifs is 1. The van der Waals surface area contributed by atoms with Crippen LogP contribution in [0.25, 0.3) is 16.7 Å². The normalized spacial score (nSPS) is 14.9. The van der Waals surface area contributed by atoms with Crippen LogP contribution in [-0.2, 0) is 23.7 Å². The molecule has 0 saturated carbocycles. The fraction of sp³-hybridized carbons (Fsp3) is 0.500. The molecule has 3 aromatic heterocycles. The summed E-state index contributed by atoms with van der Waals surface area (Å²) in [6.07, 6.45) is 10.1. The molecule has 2 N–H and O–H groups in total. The van der Waals surface area contributed by atoms with Gasteiger partial charge in [0.15, 0.2) is 5.82 Å². The van der Waals surface area contributed by atoms with Crippen LogP contribution >= 0.6 is 0 Å². The summed E-state index contributed by atoms with van der Waals surface area (Å²) in [6.45, 7) is 11.0. The van der Waals surface area contributed by atoms with Crippen LogP contribution < -0.4 is 10.1 Å². The third-order valence-electron chi connectivity index (χ3n) is 10.4. The Morgan fingerprint density at radius 3 is 2.11 bits per heavy atom. The minimum atomic E-state index is -0.730. The summed E-state index contributed by atoms with van der Waals surface area (Å²) in [6, 6.07) is 8.95. The van der Waals surface area contributed by atoms with Crippen molar-refractivity contribution >= 4 is 34.4 Å². The highest BCUT2D eigenvalue weighted by Crippen LogP contribution is 2.32. The van der Waals surface area contributed by atoms with Gasteiger partial charge in [0.1, 0.15) is 18.7 Å². The number of aromatic nitrogens is 5. The third kappa shape index (κ3) is 12.4. The summed E-state index contributed by atoms with van der Waals surface area (Å²) in [4.78, 5) is 72.6. The lowest BCUT2D eigenvalue weighted by Crippen LogP contribution is -2.52. The minimum Gasteiger partial charge on any atom is -0.494 e. The fourth-order valence-corrected chi connectivity index (χ4v) is 7.02. The molecule has 3 amide bonds. The highest BCUT2D eigenvalue weighted by atomic mass is 16.6. The zero-order valence-corrected chi connectivity index (χ0v) is 34.6. The van der Waals surface area contributed by atoms with Crippen molar-refractivity contribution in [1.82, 2.24) is 49.6 Å². The number of nitrogens with zero attached hydrogens (tertiary/aromatic N) is 8. The lowest BCUT2D eigenvalue weighted by atomic mass is 10.1. The predicted molar refractivity (Wildman–Crippen MR) is 223 cm³/mol. The number of pyridine rings is 1. The SMILES string of the molecule is C#CCOCCOCCOCCOCCN1CCN(CCCNC(=O)c2ncn(-c3ncc(OC)c4c(C(=O)C(=O)N5CCN(C(=O)c6ccccc6)CC5)c[nH]c34)n2)CC1. The minimum absolute atomic E-state index is 0.0384. The molecular formula is C42H54N10O9. The summed E-state index contributed by atoms with van der Waals surface area (Å²) in [5, 5.41) is 7.61. The van der Waals surface area contributed by atoms with Gasteiger partial charge in [0.25, 0.3) is 23.5 Å². The fourth-order valence-electron chi connectivity index (χ4n) is 7.02. The Kier molecular flexibility index (Phi) is 17.1. The number of methoxy groups -OCH3 is 1. The van der Waals surface area contributed by atoms with E-state index in [-0.39, 0.29) is 42.0 Å². The van der Waals surface area contributed by atoms with Crippen molar-refractivity contribution in [2.75, 3.05) is 132 Å². The number of hydrogen-bond acceptors (Lipinski definition) is 14. The maximum absolute atomic E-state index is 13.6. The predicted octanol–water partition coefficient (Wildman–Crippen LogP) is 0.757. The first-order chi connectivity index (χ1) is 29.9. The van der Waals surface area contributed by atoms with Gasteiger partial charge in [0.2, 0.25) is 5.82 Å². The van der Waals surface area contributed by atoms with E-state index in [0.29, 0.717) is 89.0 Å². The van der Waals surface area contributed by atoms with Gasteiger partial charge in [0.05, 0.1) is 76.0 Å². The summed E-state index contributed by atoms with van der Waals surface area (Å²) in [7, 11) is 1.44. The van der Waals surface area contributed by atoms with E-state index in [9.17, 15) is 19.2 Å². The average Bonchev–Trinajstić information content (AvgIpc) is 3.98. The molecule has 0 bridgehead atoms. The number of ether oxygens (including phenoxy) is 5. The van der Waals surface area contributed by atoms with E-state index in [1.807, 2.05) is 6.07 Å². The Balaban J connectivity index is 0.895. The molecular weight excluding hydrogens is 789 g/mol. The number of amides is 3. The Labute approximate surface area is 354 Å². The molecule has 0 radical (unpaired) electrons. The molecule has 0 unspecified atom stereocenters. The molecule has 4 aromatic rings. The monoisotopic (exact) mass is 842 g/mol. The van der Waals surface area contributed by atoms with Crippen molar-refractivity contribution in [1.29, 1.82) is 0 Å². The van der Waals surface area contributed by atoms with Crippen LogP contribution in [0.3, 0.4) is 0 Å². The summed E-state index contributed by atoms with van der Waals surface area (Å²) < 4.78 is 28.7. The topological polar surface area (TPSA) is 199 Å². The van der Waals surface area contributed by atoms with Gasteiger partial charge in [-0.25, -0.2) is 9.97 Å². The van der Waals surface area contributed by atoms with Gasteiger partial charge in [-0.05, 0) is 25.1 Å². The van der Waals surface area contributed by atoms with Crippen molar-refractivity contribution < 1.29 is 42.9 Å². The van der Waals surface area contributed by atoms with Crippen LogP contribution in [0.1, 0.15) is 37.8 Å². The van der Waals surface area contributed by atoms with Crippen LogP contribution in [0.15, 0.2) is 49.1 Å². The van der Waals surface area contributed by atoms with Crippen molar-refractivity contribution in [3.8, 4) is 23.9 Å². The number of terminal acetylenes is 1. The smallest absolute Gasteiger partial charge is 0.295 e. The van der Waals surface area contributed by atoms with Crippen molar-refractivity contribution in [3.05, 3.63) is 66.0 Å². The lowest BCUT2D eigenvalue weighted by Gasteiger charge is -2.34. The summed E-state index contributed by atoms with van der Waals surface area (Å²) in [5.41, 5.74) is 1.05. The third-order valence-corrected chi connectivity index (χ3v) is 10.4. The van der Waals surface area contributed by atoms with Gasteiger partial charge in [-0.2, -0.15) is 4.68 Å². The quantitative estimate of drug-likeness (QED) is 0.0459. The molecule has 2 saturated heterocycles. The van der Waals surface area contributed by atoms with Crippen LogP contribution in [-0.4, -0.2) is 200 Å². The molecule has 2 fully saturated rings. The molecule has 0 aliphatic carbocycles. The number of rotatable bonds is 23. The highest BCUT2D eigenvalue weighted by Gasteiger charge is 2.32. The Morgan fingerprint density at radius 1 is 0.803 bits per heavy atom. The molecule has 1 aromatic carbocycles. The molecule has 6 rings (SSSR count). The Hall–Kier alpha value is -5.75. The number of aromatic amines is 1. The van der Waals surface area contributed by atoms with E-state index in [0.717, 1.165) is 45.7 Å². The van der Waals surface area contributed by atoms with E-state index in [4.69, 9.17) is 30.1 Å². The number of carbonyl (C=O) groups excluding carboxylic acids is 4. The van der Waals surface area contributed by atoms with Gasteiger partial charge in [-0.15, -0.1) is 11.5 Å². The largest absolute Gasteiger partial charge is 0.494 e. The number of hydrogen-bond donors (Lipinski definition) is 2. The summed E-state index contributed by atoms with van der Waals surface area (Å²) >= 11 is 0. The van der Waals surface area contributed by atoms with E-state index < -0.39 is 17.6 Å². The average molecular weight is 843 g/mol. The number of H-pyrrole nitrogens is 1. The summed E-state index contributed by atoms with van der Waals surface area (Å²) in [5.74, 6) is 0.949. The first kappa shape index (κ1) is 44.8. The van der Waals surface area contributed by atoms with Gasteiger partial charge < -0.3 is 48.7 Å². The second kappa shape index (κ2) is 23.3. The van der Waals surface area contributed by atoms with E-state index in [2.05, 4.69) is 41.1 Å². The molecule has 2 aliphatic rings. The van der Waals surface area contributed by atoms with Crippen molar-refractivity contribution in [2.24, 2.45) is 0 Å².